The van der Waals surface area contributed by atoms with Crippen molar-refractivity contribution in [3.8, 4) is 6.07 Å². The second-order valence-corrected chi connectivity index (χ2v) is 3.20. The third kappa shape index (κ3) is 2.27. The Morgan fingerprint density at radius 2 is 2.31 bits per heavy atom. The summed E-state index contributed by atoms with van der Waals surface area (Å²) in [5.74, 6) is -0.927. The van der Waals surface area contributed by atoms with E-state index in [-0.39, 0.29) is 13.2 Å². The van der Waals surface area contributed by atoms with E-state index >= 15 is 0 Å². The predicted octanol–water partition coefficient (Wildman–Crippen LogP) is 0.888. The zero-order chi connectivity index (χ0) is 12.0. The molecule has 1 rings (SSSR count). The van der Waals surface area contributed by atoms with Crippen molar-refractivity contribution in [1.82, 2.24) is 0 Å². The third-order valence-electron chi connectivity index (χ3n) is 2.24. The van der Waals surface area contributed by atoms with Crippen LogP contribution in [0.3, 0.4) is 0 Å². The molecule has 2 unspecified atom stereocenters. The SMILES string of the molecule is COCCOC1([N+](=O)[O-])C=CC=CC1C#N. The highest BCUT2D eigenvalue weighted by Crippen LogP contribution is 2.28. The highest BCUT2D eigenvalue weighted by atomic mass is 16.7. The van der Waals surface area contributed by atoms with E-state index in [1.165, 1.54) is 25.3 Å². The molecule has 0 fully saturated rings. The summed E-state index contributed by atoms with van der Waals surface area (Å²) in [6.45, 7) is 0.305. The zero-order valence-electron chi connectivity index (χ0n) is 8.83. The first-order valence-corrected chi connectivity index (χ1v) is 4.70. The van der Waals surface area contributed by atoms with Crippen LogP contribution in [0.5, 0.6) is 0 Å². The zero-order valence-corrected chi connectivity index (χ0v) is 8.83. The lowest BCUT2D eigenvalue weighted by atomic mass is 9.93. The van der Waals surface area contributed by atoms with Crippen LogP contribution in [0.15, 0.2) is 24.3 Å². The molecular weight excluding hydrogens is 212 g/mol. The lowest BCUT2D eigenvalue weighted by Gasteiger charge is -2.25. The van der Waals surface area contributed by atoms with Crippen LogP contribution in [0.2, 0.25) is 0 Å². The molecule has 0 aromatic rings. The molecule has 1 aliphatic rings. The summed E-state index contributed by atoms with van der Waals surface area (Å²) in [5.41, 5.74) is -1.79. The second-order valence-electron chi connectivity index (χ2n) is 3.20. The molecule has 0 amide bonds. The molecule has 0 bridgehead atoms. The Hall–Kier alpha value is -1.71. The van der Waals surface area contributed by atoms with Crippen LogP contribution in [0.25, 0.3) is 0 Å². The van der Waals surface area contributed by atoms with Crippen molar-refractivity contribution in [2.24, 2.45) is 5.92 Å². The Morgan fingerprint density at radius 3 is 2.88 bits per heavy atom. The fourth-order valence-corrected chi connectivity index (χ4v) is 1.40. The largest absolute Gasteiger partial charge is 0.382 e. The first kappa shape index (κ1) is 12.4. The molecule has 0 N–H and O–H groups in total. The van der Waals surface area contributed by atoms with Crippen molar-refractivity contribution in [2.75, 3.05) is 20.3 Å². The Balaban J connectivity index is 2.87. The van der Waals surface area contributed by atoms with Crippen LogP contribution >= 0.6 is 0 Å². The van der Waals surface area contributed by atoms with E-state index < -0.39 is 16.6 Å². The highest BCUT2D eigenvalue weighted by Gasteiger charge is 2.50. The Kier molecular flexibility index (Phi) is 4.17. The molecule has 16 heavy (non-hydrogen) atoms. The van der Waals surface area contributed by atoms with E-state index in [9.17, 15) is 10.1 Å². The molecular formula is C10H12N2O4. The van der Waals surface area contributed by atoms with E-state index in [1.54, 1.807) is 6.08 Å². The fourth-order valence-electron chi connectivity index (χ4n) is 1.40. The number of methoxy groups -OCH3 is 1. The average Bonchev–Trinajstić information content (AvgIpc) is 2.29. The highest BCUT2D eigenvalue weighted by molar-refractivity contribution is 5.23. The molecule has 0 spiro atoms. The third-order valence-corrected chi connectivity index (χ3v) is 2.24. The van der Waals surface area contributed by atoms with Gasteiger partial charge in [0.05, 0.1) is 24.2 Å². The Bertz CT molecular complexity index is 358. The second kappa shape index (κ2) is 5.39. The summed E-state index contributed by atoms with van der Waals surface area (Å²) >= 11 is 0. The van der Waals surface area contributed by atoms with Crippen molar-refractivity contribution in [1.29, 1.82) is 5.26 Å². The normalized spacial score (nSPS) is 27.6. The van der Waals surface area contributed by atoms with Crippen molar-refractivity contribution in [3.05, 3.63) is 34.4 Å². The van der Waals surface area contributed by atoms with Crippen LogP contribution < -0.4 is 0 Å². The van der Waals surface area contributed by atoms with Gasteiger partial charge < -0.3 is 9.47 Å². The molecule has 0 heterocycles. The Labute approximate surface area is 92.9 Å². The van der Waals surface area contributed by atoms with Crippen LogP contribution in [0.1, 0.15) is 0 Å². The molecule has 6 nitrogen and oxygen atoms in total. The minimum absolute atomic E-state index is 0.0633. The van der Waals surface area contributed by atoms with Gasteiger partial charge in [-0.3, -0.25) is 10.1 Å². The quantitative estimate of drug-likeness (QED) is 0.299. The summed E-state index contributed by atoms with van der Waals surface area (Å²) in [7, 11) is 1.47. The number of hydrogen-bond acceptors (Lipinski definition) is 5. The van der Waals surface area contributed by atoms with Gasteiger partial charge in [0.25, 0.3) is 0 Å². The van der Waals surface area contributed by atoms with Gasteiger partial charge in [-0.1, -0.05) is 18.2 Å². The maximum absolute atomic E-state index is 11.0. The monoisotopic (exact) mass is 224 g/mol. The first-order chi connectivity index (χ1) is 7.67. The Morgan fingerprint density at radius 1 is 1.56 bits per heavy atom. The number of rotatable bonds is 5. The van der Waals surface area contributed by atoms with E-state index in [2.05, 4.69) is 0 Å². The summed E-state index contributed by atoms with van der Waals surface area (Å²) in [5, 5.41) is 19.9. The summed E-state index contributed by atoms with van der Waals surface area (Å²) in [4.78, 5) is 10.5. The minimum atomic E-state index is -1.79. The van der Waals surface area contributed by atoms with Gasteiger partial charge in [-0.15, -0.1) is 0 Å². The van der Waals surface area contributed by atoms with Crippen molar-refractivity contribution in [2.45, 2.75) is 5.72 Å². The molecule has 0 aliphatic heterocycles. The molecule has 6 heteroatoms. The number of ether oxygens (including phenoxy) is 2. The maximum Gasteiger partial charge on any atom is 0.364 e. The first-order valence-electron chi connectivity index (χ1n) is 4.70. The molecule has 1 aliphatic carbocycles. The van der Waals surface area contributed by atoms with Crippen molar-refractivity contribution in [3.63, 3.8) is 0 Å². The number of hydrogen-bond donors (Lipinski definition) is 0. The molecule has 0 aromatic carbocycles. The van der Waals surface area contributed by atoms with Gasteiger partial charge in [-0.2, -0.15) is 5.26 Å². The van der Waals surface area contributed by atoms with Crippen LogP contribution in [0, 0.1) is 27.4 Å². The molecule has 0 radical (unpaired) electrons. The molecule has 86 valence electrons. The standard InChI is InChI=1S/C10H12N2O4/c1-15-6-7-16-10(12(13)14)5-3-2-4-9(10)8-11/h2-5,9H,6-7H2,1H3. The van der Waals surface area contributed by atoms with Crippen LogP contribution in [-0.2, 0) is 9.47 Å². The summed E-state index contributed by atoms with van der Waals surface area (Å²) in [6, 6.07) is 1.86. The number of nitriles is 1. The van der Waals surface area contributed by atoms with Gasteiger partial charge in [0.1, 0.15) is 0 Å². The van der Waals surface area contributed by atoms with E-state index in [4.69, 9.17) is 14.7 Å². The molecule has 0 saturated carbocycles. The molecule has 0 aromatic heterocycles. The van der Waals surface area contributed by atoms with Gasteiger partial charge in [0.15, 0.2) is 5.92 Å². The lowest BCUT2D eigenvalue weighted by molar-refractivity contribution is -0.619. The molecule has 0 saturated heterocycles. The van der Waals surface area contributed by atoms with Gasteiger partial charge in [-0.05, 0) is 0 Å². The van der Waals surface area contributed by atoms with Gasteiger partial charge >= 0.3 is 5.72 Å². The fraction of sp³-hybridized carbons (Fsp3) is 0.500. The summed E-state index contributed by atoms with van der Waals surface area (Å²) < 4.78 is 9.95. The van der Waals surface area contributed by atoms with E-state index in [0.29, 0.717) is 0 Å². The van der Waals surface area contributed by atoms with Crippen LogP contribution in [-0.4, -0.2) is 31.0 Å². The number of nitrogens with zero attached hydrogens (tertiary/aromatic N) is 2. The topological polar surface area (TPSA) is 85.4 Å². The van der Waals surface area contributed by atoms with Crippen LogP contribution in [0.4, 0.5) is 0 Å². The lowest BCUT2D eigenvalue weighted by Crippen LogP contribution is -2.47. The van der Waals surface area contributed by atoms with Gasteiger partial charge in [0.2, 0.25) is 0 Å². The van der Waals surface area contributed by atoms with Crippen molar-refractivity contribution < 1.29 is 14.4 Å². The van der Waals surface area contributed by atoms with Crippen molar-refractivity contribution >= 4 is 0 Å². The minimum Gasteiger partial charge on any atom is -0.382 e. The van der Waals surface area contributed by atoms with E-state index in [0.717, 1.165) is 0 Å². The summed E-state index contributed by atoms with van der Waals surface area (Å²) in [6.07, 6.45) is 5.84. The smallest absolute Gasteiger partial charge is 0.364 e. The molecule has 2 atom stereocenters. The maximum atomic E-state index is 11.0. The van der Waals surface area contributed by atoms with Gasteiger partial charge in [-0.25, -0.2) is 0 Å². The number of nitro groups is 1. The number of allylic oxidation sites excluding steroid dienone is 2. The predicted molar refractivity (Wildman–Crippen MR) is 54.9 cm³/mol. The van der Waals surface area contributed by atoms with E-state index in [1.807, 2.05) is 6.07 Å². The van der Waals surface area contributed by atoms with Gasteiger partial charge in [0, 0.05) is 13.2 Å². The average molecular weight is 224 g/mol.